The summed E-state index contributed by atoms with van der Waals surface area (Å²) in [5, 5.41) is 7.61. The van der Waals surface area contributed by atoms with E-state index in [4.69, 9.17) is 9.88 Å². The van der Waals surface area contributed by atoms with Gasteiger partial charge in [0.1, 0.15) is 4.88 Å². The smallest absolute Gasteiger partial charge is 0.349 e. The van der Waals surface area contributed by atoms with Crippen molar-refractivity contribution in [1.82, 2.24) is 0 Å². The molecular formula is C18H20N2O5S2. The van der Waals surface area contributed by atoms with Crippen LogP contribution in [0.2, 0.25) is 0 Å². The quantitative estimate of drug-likeness (QED) is 0.738. The van der Waals surface area contributed by atoms with E-state index in [1.165, 1.54) is 53.0 Å². The van der Waals surface area contributed by atoms with E-state index in [2.05, 4.69) is 5.32 Å². The van der Waals surface area contributed by atoms with Crippen LogP contribution in [-0.2, 0) is 32.4 Å². The maximum Gasteiger partial charge on any atom is 0.349 e. The van der Waals surface area contributed by atoms with Crippen molar-refractivity contribution in [2.24, 2.45) is 5.14 Å². The zero-order valence-corrected chi connectivity index (χ0v) is 16.4. The highest BCUT2D eigenvalue weighted by atomic mass is 32.2. The zero-order chi connectivity index (χ0) is 19.6. The van der Waals surface area contributed by atoms with Gasteiger partial charge in [0.25, 0.3) is 5.91 Å². The lowest BCUT2D eigenvalue weighted by Gasteiger charge is -2.13. The molecule has 0 bridgehead atoms. The fourth-order valence-electron chi connectivity index (χ4n) is 2.84. The molecule has 2 aromatic rings. The zero-order valence-electron chi connectivity index (χ0n) is 14.7. The summed E-state index contributed by atoms with van der Waals surface area (Å²) < 4.78 is 27.7. The highest BCUT2D eigenvalue weighted by molar-refractivity contribution is 7.89. The van der Waals surface area contributed by atoms with Gasteiger partial charge in [-0.3, -0.25) is 4.79 Å². The number of nitrogens with two attached hydrogens (primary N) is 1. The topological polar surface area (TPSA) is 116 Å². The first-order valence-electron chi connectivity index (χ1n) is 8.50. The number of nitrogens with one attached hydrogen (secondary N) is 1. The Balaban J connectivity index is 1.60. The molecule has 0 radical (unpaired) electrons. The van der Waals surface area contributed by atoms with Crippen LogP contribution in [0, 0.1) is 0 Å². The van der Waals surface area contributed by atoms with Gasteiger partial charge in [-0.05, 0) is 68.5 Å². The minimum absolute atomic E-state index is 0.0540. The largest absolute Gasteiger partial charge is 0.448 e. The number of anilines is 1. The second-order valence-electron chi connectivity index (χ2n) is 6.37. The summed E-state index contributed by atoms with van der Waals surface area (Å²) in [5.74, 6) is -1.02. The van der Waals surface area contributed by atoms with E-state index in [0.717, 1.165) is 25.7 Å². The molecule has 144 valence electrons. The van der Waals surface area contributed by atoms with Crippen LogP contribution in [0.1, 0.15) is 39.9 Å². The van der Waals surface area contributed by atoms with Gasteiger partial charge in [-0.2, -0.15) is 0 Å². The van der Waals surface area contributed by atoms with Gasteiger partial charge in [-0.1, -0.05) is 0 Å². The van der Waals surface area contributed by atoms with Crippen LogP contribution in [0.3, 0.4) is 0 Å². The number of primary sulfonamides is 1. The van der Waals surface area contributed by atoms with E-state index in [1.807, 2.05) is 6.07 Å². The molecule has 3 N–H and O–H groups in total. The van der Waals surface area contributed by atoms with E-state index in [-0.39, 0.29) is 4.90 Å². The summed E-state index contributed by atoms with van der Waals surface area (Å²) in [5.41, 5.74) is 1.58. The Morgan fingerprint density at radius 2 is 1.85 bits per heavy atom. The third-order valence-electron chi connectivity index (χ3n) is 4.30. The molecule has 0 fully saturated rings. The molecule has 1 aromatic carbocycles. The first-order chi connectivity index (χ1) is 12.7. The second kappa shape index (κ2) is 7.79. The molecule has 9 heteroatoms. The van der Waals surface area contributed by atoms with E-state index in [9.17, 15) is 18.0 Å². The minimum atomic E-state index is -3.79. The van der Waals surface area contributed by atoms with Gasteiger partial charge in [-0.25, -0.2) is 18.4 Å². The summed E-state index contributed by atoms with van der Waals surface area (Å²) in [4.78, 5) is 26.2. The van der Waals surface area contributed by atoms with Gasteiger partial charge in [0.05, 0.1) is 4.90 Å². The van der Waals surface area contributed by atoms with Crippen LogP contribution in [0.5, 0.6) is 0 Å². The number of thiophene rings is 1. The molecule has 1 amide bonds. The van der Waals surface area contributed by atoms with Crippen LogP contribution in [0.15, 0.2) is 35.2 Å². The summed E-state index contributed by atoms with van der Waals surface area (Å²) in [6, 6.07) is 7.27. The third-order valence-corrected chi connectivity index (χ3v) is 6.45. The molecule has 1 aromatic heterocycles. The number of carbonyl (C=O) groups is 2. The summed E-state index contributed by atoms with van der Waals surface area (Å²) >= 11 is 1.43. The number of hydrogen-bond acceptors (Lipinski definition) is 6. The van der Waals surface area contributed by atoms with Gasteiger partial charge in [0, 0.05) is 10.6 Å². The molecule has 1 aliphatic rings. The van der Waals surface area contributed by atoms with Gasteiger partial charge in [0.2, 0.25) is 10.0 Å². The van der Waals surface area contributed by atoms with Gasteiger partial charge < -0.3 is 10.1 Å². The first-order valence-corrected chi connectivity index (χ1v) is 10.9. The highest BCUT2D eigenvalue weighted by Gasteiger charge is 2.23. The Morgan fingerprint density at radius 3 is 2.48 bits per heavy atom. The molecule has 0 saturated carbocycles. The summed E-state index contributed by atoms with van der Waals surface area (Å²) in [6.45, 7) is 1.49. The number of hydrogen-bond donors (Lipinski definition) is 2. The summed E-state index contributed by atoms with van der Waals surface area (Å²) in [6.07, 6.45) is 3.22. The van der Waals surface area contributed by atoms with Crippen LogP contribution in [0.4, 0.5) is 5.69 Å². The Hall–Kier alpha value is -2.23. The van der Waals surface area contributed by atoms with Gasteiger partial charge in [0.15, 0.2) is 6.10 Å². The number of rotatable bonds is 5. The highest BCUT2D eigenvalue weighted by Crippen LogP contribution is 2.30. The molecule has 1 atom stereocenters. The van der Waals surface area contributed by atoms with Crippen LogP contribution >= 0.6 is 11.3 Å². The molecule has 3 rings (SSSR count). The molecule has 27 heavy (non-hydrogen) atoms. The molecule has 0 aliphatic heterocycles. The lowest BCUT2D eigenvalue weighted by molar-refractivity contribution is -0.123. The fourth-order valence-corrected chi connectivity index (χ4v) is 4.49. The van der Waals surface area contributed by atoms with Crippen molar-refractivity contribution in [2.45, 2.75) is 43.6 Å². The van der Waals surface area contributed by atoms with Gasteiger partial charge in [-0.15, -0.1) is 11.3 Å². The van der Waals surface area contributed by atoms with Crippen molar-refractivity contribution in [3.05, 3.63) is 45.6 Å². The van der Waals surface area contributed by atoms with E-state index in [0.29, 0.717) is 10.6 Å². The van der Waals surface area contributed by atoms with Crippen molar-refractivity contribution in [3.8, 4) is 0 Å². The van der Waals surface area contributed by atoms with E-state index >= 15 is 0 Å². The second-order valence-corrected chi connectivity index (χ2v) is 9.07. The maximum absolute atomic E-state index is 12.3. The molecule has 1 aliphatic carbocycles. The molecule has 0 spiro atoms. The first kappa shape index (κ1) is 19.5. The number of ether oxygens (including phenoxy) is 1. The number of fused-ring (bicyclic) bond motifs is 1. The fraction of sp³-hybridized carbons (Fsp3) is 0.333. The lowest BCUT2D eigenvalue weighted by Crippen LogP contribution is -2.29. The standard InChI is InChI=1S/C18H20N2O5S2/c1-11(17(21)20-13-6-8-14(9-7-13)27(19,23)24)25-18(22)16-10-12-4-2-3-5-15(12)26-16/h6-11H,2-5H2,1H3,(H,20,21)(H2,19,23,24). The number of amides is 1. The SMILES string of the molecule is CC(OC(=O)c1cc2c(s1)CCCC2)C(=O)Nc1ccc(S(N)(=O)=O)cc1. The average Bonchev–Trinajstić information content (AvgIpc) is 3.05. The molecule has 0 saturated heterocycles. The number of benzene rings is 1. The number of aryl methyl sites for hydroxylation is 2. The van der Waals surface area contributed by atoms with Crippen LogP contribution < -0.4 is 10.5 Å². The Bertz CT molecular complexity index is 941. The Labute approximate surface area is 161 Å². The van der Waals surface area contributed by atoms with Crippen molar-refractivity contribution in [3.63, 3.8) is 0 Å². The van der Waals surface area contributed by atoms with Crippen molar-refractivity contribution < 1.29 is 22.7 Å². The predicted molar refractivity (Wildman–Crippen MR) is 102 cm³/mol. The molecule has 1 unspecified atom stereocenters. The minimum Gasteiger partial charge on any atom is -0.448 e. The Kier molecular flexibility index (Phi) is 5.64. The predicted octanol–water partition coefficient (Wildman–Crippen LogP) is 2.46. The van der Waals surface area contributed by atoms with Crippen LogP contribution in [-0.4, -0.2) is 26.4 Å². The summed E-state index contributed by atoms with van der Waals surface area (Å²) in [7, 11) is -3.79. The molecule has 7 nitrogen and oxygen atoms in total. The van der Waals surface area contributed by atoms with Crippen molar-refractivity contribution in [2.75, 3.05) is 5.32 Å². The van der Waals surface area contributed by atoms with E-state index < -0.39 is 28.0 Å². The normalized spacial score (nSPS) is 14.9. The monoisotopic (exact) mass is 408 g/mol. The van der Waals surface area contributed by atoms with E-state index in [1.54, 1.807) is 0 Å². The molecular weight excluding hydrogens is 388 g/mol. The average molecular weight is 409 g/mol. The Morgan fingerprint density at radius 1 is 1.19 bits per heavy atom. The third kappa shape index (κ3) is 4.74. The molecule has 1 heterocycles. The number of esters is 1. The lowest BCUT2D eigenvalue weighted by atomic mass is 9.99. The van der Waals surface area contributed by atoms with Crippen LogP contribution in [0.25, 0.3) is 0 Å². The van der Waals surface area contributed by atoms with Crippen molar-refractivity contribution in [1.29, 1.82) is 0 Å². The number of sulfonamides is 1. The van der Waals surface area contributed by atoms with Gasteiger partial charge >= 0.3 is 5.97 Å². The maximum atomic E-state index is 12.3. The van der Waals surface area contributed by atoms with Crippen molar-refractivity contribution >= 4 is 38.9 Å². The number of carbonyl (C=O) groups excluding carboxylic acids is 2.